The first-order valence-electron chi connectivity index (χ1n) is 6.24. The summed E-state index contributed by atoms with van der Waals surface area (Å²) in [6, 6.07) is 10.0. The van der Waals surface area contributed by atoms with Crippen LogP contribution in [0.4, 0.5) is 5.69 Å². The smallest absolute Gasteiger partial charge is 0.242 e. The quantitative estimate of drug-likeness (QED) is 0.917. The summed E-state index contributed by atoms with van der Waals surface area (Å²) in [5, 5.41) is 4.63. The van der Waals surface area contributed by atoms with Crippen molar-refractivity contribution in [2.24, 2.45) is 0 Å². The van der Waals surface area contributed by atoms with Gasteiger partial charge in [0.25, 0.3) is 0 Å². The van der Waals surface area contributed by atoms with Crippen molar-refractivity contribution in [1.29, 1.82) is 0 Å². The van der Waals surface area contributed by atoms with Gasteiger partial charge >= 0.3 is 0 Å². The van der Waals surface area contributed by atoms with Crippen molar-refractivity contribution in [3.63, 3.8) is 0 Å². The number of thiophene rings is 1. The van der Waals surface area contributed by atoms with Gasteiger partial charge in [0.2, 0.25) is 15.9 Å². The molecule has 1 aromatic heterocycles. The molecule has 0 bridgehead atoms. The fraction of sp³-hybridized carbons (Fsp3) is 0.214. The van der Waals surface area contributed by atoms with Crippen molar-refractivity contribution < 1.29 is 13.2 Å². The average molecular weight is 324 g/mol. The van der Waals surface area contributed by atoms with E-state index in [1.54, 1.807) is 12.1 Å². The van der Waals surface area contributed by atoms with E-state index in [0.717, 1.165) is 9.18 Å². The van der Waals surface area contributed by atoms with E-state index in [2.05, 4.69) is 5.32 Å². The molecule has 0 aliphatic rings. The Morgan fingerprint density at radius 3 is 2.62 bits per heavy atom. The Bertz CT molecular complexity index is 722. The van der Waals surface area contributed by atoms with Crippen LogP contribution in [0.25, 0.3) is 0 Å². The van der Waals surface area contributed by atoms with Gasteiger partial charge in [0.15, 0.2) is 0 Å². The van der Waals surface area contributed by atoms with E-state index in [0.29, 0.717) is 5.69 Å². The van der Waals surface area contributed by atoms with E-state index in [1.165, 1.54) is 37.6 Å². The van der Waals surface area contributed by atoms with E-state index in [4.69, 9.17) is 0 Å². The molecule has 21 heavy (non-hydrogen) atoms. The van der Waals surface area contributed by atoms with Crippen LogP contribution in [0.15, 0.2) is 46.7 Å². The van der Waals surface area contributed by atoms with Gasteiger partial charge in [-0.05, 0) is 29.6 Å². The molecule has 2 aromatic rings. The number of hydrogen-bond donors (Lipinski definition) is 1. The molecule has 0 radical (unpaired) electrons. The molecule has 5 nitrogen and oxygen atoms in total. The molecule has 0 aliphatic carbocycles. The summed E-state index contributed by atoms with van der Waals surface area (Å²) in [5.41, 5.74) is 0.472. The molecule has 0 aliphatic heterocycles. The highest BCUT2D eigenvalue weighted by Crippen LogP contribution is 2.18. The van der Waals surface area contributed by atoms with Crippen molar-refractivity contribution >= 4 is 33.0 Å². The Morgan fingerprint density at radius 1 is 1.24 bits per heavy atom. The van der Waals surface area contributed by atoms with Crippen molar-refractivity contribution in [1.82, 2.24) is 4.31 Å². The zero-order valence-corrected chi connectivity index (χ0v) is 13.4. The Kier molecular flexibility index (Phi) is 4.76. The Hall–Kier alpha value is -1.70. The molecule has 0 fully saturated rings. The van der Waals surface area contributed by atoms with E-state index < -0.39 is 10.0 Å². The normalized spacial score (nSPS) is 11.6. The van der Waals surface area contributed by atoms with Crippen molar-refractivity contribution in [2.45, 2.75) is 11.3 Å². The molecule has 1 amide bonds. The molecule has 0 spiro atoms. The molecule has 1 aromatic carbocycles. The zero-order valence-electron chi connectivity index (χ0n) is 11.7. The lowest BCUT2D eigenvalue weighted by Crippen LogP contribution is -2.22. The summed E-state index contributed by atoms with van der Waals surface area (Å²) in [5.74, 6) is -0.170. The first kappa shape index (κ1) is 15.7. The van der Waals surface area contributed by atoms with E-state index in [-0.39, 0.29) is 17.2 Å². The largest absolute Gasteiger partial charge is 0.326 e. The van der Waals surface area contributed by atoms with Crippen LogP contribution < -0.4 is 5.32 Å². The second-order valence-electron chi connectivity index (χ2n) is 4.62. The van der Waals surface area contributed by atoms with E-state index in [1.807, 2.05) is 17.5 Å². The molecule has 2 rings (SSSR count). The van der Waals surface area contributed by atoms with E-state index in [9.17, 15) is 13.2 Å². The highest BCUT2D eigenvalue weighted by molar-refractivity contribution is 7.89. The van der Waals surface area contributed by atoms with Gasteiger partial charge < -0.3 is 5.32 Å². The Morgan fingerprint density at radius 2 is 2.00 bits per heavy atom. The zero-order chi connectivity index (χ0) is 15.5. The second kappa shape index (κ2) is 6.38. The van der Waals surface area contributed by atoms with Crippen LogP contribution >= 0.6 is 11.3 Å². The van der Waals surface area contributed by atoms with Gasteiger partial charge in [-0.15, -0.1) is 11.3 Å². The number of sulfonamides is 1. The molecular formula is C14H16N2O3S2. The maximum Gasteiger partial charge on any atom is 0.242 e. The lowest BCUT2D eigenvalue weighted by atomic mass is 10.3. The lowest BCUT2D eigenvalue weighted by molar-refractivity contribution is -0.115. The number of amides is 1. The minimum atomic E-state index is -3.50. The summed E-state index contributed by atoms with van der Waals surface area (Å²) in [6.45, 7) is 0. The molecule has 1 N–H and O–H groups in total. The van der Waals surface area contributed by atoms with Crippen LogP contribution in [0, 0.1) is 0 Å². The van der Waals surface area contributed by atoms with Gasteiger partial charge in [0, 0.05) is 24.7 Å². The van der Waals surface area contributed by atoms with Gasteiger partial charge in [0.05, 0.1) is 11.3 Å². The van der Waals surface area contributed by atoms with Crippen LogP contribution in [0.2, 0.25) is 0 Å². The minimum Gasteiger partial charge on any atom is -0.326 e. The number of hydrogen-bond acceptors (Lipinski definition) is 4. The fourth-order valence-corrected chi connectivity index (χ4v) is 3.37. The van der Waals surface area contributed by atoms with Gasteiger partial charge in [-0.2, -0.15) is 0 Å². The van der Waals surface area contributed by atoms with Gasteiger partial charge in [0.1, 0.15) is 0 Å². The average Bonchev–Trinajstić information content (AvgIpc) is 2.91. The van der Waals surface area contributed by atoms with Gasteiger partial charge in [-0.3, -0.25) is 4.79 Å². The summed E-state index contributed by atoms with van der Waals surface area (Å²) in [7, 11) is -0.562. The van der Waals surface area contributed by atoms with Crippen LogP contribution in [-0.4, -0.2) is 32.7 Å². The lowest BCUT2D eigenvalue weighted by Gasteiger charge is -2.12. The molecule has 0 saturated heterocycles. The third kappa shape index (κ3) is 3.90. The molecule has 1 heterocycles. The highest BCUT2D eigenvalue weighted by Gasteiger charge is 2.17. The number of carbonyl (C=O) groups is 1. The van der Waals surface area contributed by atoms with E-state index >= 15 is 0 Å². The summed E-state index contributed by atoms with van der Waals surface area (Å²) < 4.78 is 25.2. The molecule has 0 unspecified atom stereocenters. The predicted octanol–water partition coefficient (Wildman–Crippen LogP) is 2.18. The SMILES string of the molecule is CN(C)S(=O)(=O)c1cccc(NC(=O)Cc2cccs2)c1. The molecule has 0 saturated carbocycles. The first-order valence-corrected chi connectivity index (χ1v) is 8.56. The van der Waals surface area contributed by atoms with Crippen LogP contribution in [0.1, 0.15) is 4.88 Å². The van der Waals surface area contributed by atoms with Crippen molar-refractivity contribution in [2.75, 3.05) is 19.4 Å². The van der Waals surface area contributed by atoms with Crippen LogP contribution in [0.5, 0.6) is 0 Å². The molecular weight excluding hydrogens is 308 g/mol. The number of nitrogens with one attached hydrogen (secondary N) is 1. The summed E-state index contributed by atoms with van der Waals surface area (Å²) in [6.07, 6.45) is 0.280. The summed E-state index contributed by atoms with van der Waals surface area (Å²) in [4.78, 5) is 13.0. The van der Waals surface area contributed by atoms with Crippen LogP contribution in [-0.2, 0) is 21.2 Å². The number of rotatable bonds is 5. The highest BCUT2D eigenvalue weighted by atomic mass is 32.2. The minimum absolute atomic E-state index is 0.154. The number of anilines is 1. The number of nitrogens with zero attached hydrogens (tertiary/aromatic N) is 1. The number of carbonyl (C=O) groups excluding carboxylic acids is 1. The number of benzene rings is 1. The predicted molar refractivity (Wildman–Crippen MR) is 84.0 cm³/mol. The molecule has 112 valence electrons. The monoisotopic (exact) mass is 324 g/mol. The molecule has 0 atom stereocenters. The standard InChI is InChI=1S/C14H16N2O3S2/c1-16(2)21(18,19)13-7-3-5-11(9-13)15-14(17)10-12-6-4-8-20-12/h3-9H,10H2,1-2H3,(H,15,17). The molecule has 7 heteroatoms. The fourth-order valence-electron chi connectivity index (χ4n) is 1.72. The maximum absolute atomic E-state index is 12.0. The first-order chi connectivity index (χ1) is 9.89. The van der Waals surface area contributed by atoms with Crippen molar-refractivity contribution in [3.05, 3.63) is 46.7 Å². The van der Waals surface area contributed by atoms with Crippen molar-refractivity contribution in [3.8, 4) is 0 Å². The third-order valence-electron chi connectivity index (χ3n) is 2.81. The topological polar surface area (TPSA) is 66.5 Å². The maximum atomic E-state index is 12.0. The second-order valence-corrected chi connectivity index (χ2v) is 7.80. The third-order valence-corrected chi connectivity index (χ3v) is 5.50. The van der Waals surface area contributed by atoms with Gasteiger partial charge in [-0.1, -0.05) is 12.1 Å². The Balaban J connectivity index is 2.13. The van der Waals surface area contributed by atoms with Gasteiger partial charge in [-0.25, -0.2) is 12.7 Å². The van der Waals surface area contributed by atoms with Crippen LogP contribution in [0.3, 0.4) is 0 Å². The Labute approximate surface area is 128 Å². The summed E-state index contributed by atoms with van der Waals surface area (Å²) >= 11 is 1.51.